The fraction of sp³-hybridized carbons (Fsp3) is 0.211. The lowest BCUT2D eigenvalue weighted by atomic mass is 10.0. The molecule has 0 N–H and O–H groups in total. The molecule has 0 unspecified atom stereocenters. The van der Waals surface area contributed by atoms with E-state index in [0.29, 0.717) is 17.7 Å². The van der Waals surface area contributed by atoms with Gasteiger partial charge in [0.25, 0.3) is 0 Å². The van der Waals surface area contributed by atoms with Crippen molar-refractivity contribution in [3.63, 3.8) is 0 Å². The molecule has 0 saturated carbocycles. The summed E-state index contributed by atoms with van der Waals surface area (Å²) in [6.07, 6.45) is 3.44. The van der Waals surface area contributed by atoms with Crippen LogP contribution in [-0.4, -0.2) is 25.0 Å². The maximum absolute atomic E-state index is 11.6. The highest BCUT2D eigenvalue weighted by Crippen LogP contribution is 2.38. The van der Waals surface area contributed by atoms with Gasteiger partial charge in [-0.2, -0.15) is 0 Å². The largest absolute Gasteiger partial charge is 0.465 e. The Kier molecular flexibility index (Phi) is 4.68. The van der Waals surface area contributed by atoms with E-state index in [-0.39, 0.29) is 5.97 Å². The van der Waals surface area contributed by atoms with Crippen molar-refractivity contribution in [1.29, 1.82) is 0 Å². The van der Waals surface area contributed by atoms with E-state index in [1.807, 2.05) is 30.5 Å². The first kappa shape index (κ1) is 16.3. The van der Waals surface area contributed by atoms with Gasteiger partial charge in [-0.05, 0) is 35.6 Å². The van der Waals surface area contributed by atoms with Crippen LogP contribution in [0.1, 0.15) is 21.5 Å². The summed E-state index contributed by atoms with van der Waals surface area (Å²) < 4.78 is 4.76. The lowest BCUT2D eigenvalue weighted by Gasteiger charge is -2.05. The Morgan fingerprint density at radius 3 is 2.92 bits per heavy atom. The van der Waals surface area contributed by atoms with Crippen molar-refractivity contribution < 1.29 is 9.53 Å². The van der Waals surface area contributed by atoms with Gasteiger partial charge in [-0.25, -0.2) is 9.64 Å². The third-order valence-corrected chi connectivity index (χ3v) is 4.70. The quantitative estimate of drug-likeness (QED) is 0.465. The summed E-state index contributed by atoms with van der Waals surface area (Å²) in [5.74, 6) is -0.334. The van der Waals surface area contributed by atoms with E-state index < -0.39 is 0 Å². The second kappa shape index (κ2) is 6.90. The summed E-state index contributed by atoms with van der Waals surface area (Å²) in [6, 6.07) is 11.4. The van der Waals surface area contributed by atoms with Gasteiger partial charge < -0.3 is 4.74 Å². The highest BCUT2D eigenvalue weighted by Gasteiger charge is 2.18. The molecule has 0 saturated heterocycles. The number of hydrogen-bond donors (Lipinski definition) is 0. The van der Waals surface area contributed by atoms with Crippen molar-refractivity contribution in [2.45, 2.75) is 17.7 Å². The zero-order chi connectivity index (χ0) is 17.1. The molecule has 24 heavy (non-hydrogen) atoms. The number of benzene rings is 2. The molecule has 0 spiro atoms. The molecule has 3 rings (SSSR count). The molecule has 0 aliphatic carbocycles. The maximum Gasteiger partial charge on any atom is 0.337 e. The van der Waals surface area contributed by atoms with Crippen LogP contribution in [0.3, 0.4) is 0 Å². The molecule has 120 valence electrons. The van der Waals surface area contributed by atoms with Crippen LogP contribution >= 0.6 is 11.8 Å². The van der Waals surface area contributed by atoms with Crippen LogP contribution in [0.2, 0.25) is 0 Å². The first-order chi connectivity index (χ1) is 11.6. The molecule has 0 bridgehead atoms. The molecule has 4 nitrogen and oxygen atoms in total. The molecule has 0 radical (unpaired) electrons. The number of carbonyl (C=O) groups excluding carboxylic acids is 1. The second-order valence-corrected chi connectivity index (χ2v) is 6.34. The number of esters is 1. The predicted molar refractivity (Wildman–Crippen MR) is 96.8 cm³/mol. The lowest BCUT2D eigenvalue weighted by molar-refractivity contribution is 0.0600. The van der Waals surface area contributed by atoms with E-state index in [9.17, 15) is 4.79 Å². The minimum absolute atomic E-state index is 0.334. The summed E-state index contributed by atoms with van der Waals surface area (Å²) in [7, 11) is 1.38. The Labute approximate surface area is 145 Å². The summed E-state index contributed by atoms with van der Waals surface area (Å²) >= 11 is 1.58. The van der Waals surface area contributed by atoms with E-state index in [1.165, 1.54) is 7.11 Å². The highest BCUT2D eigenvalue weighted by molar-refractivity contribution is 7.98. The van der Waals surface area contributed by atoms with Crippen LogP contribution in [-0.2, 0) is 17.6 Å². The maximum atomic E-state index is 11.6. The zero-order valence-corrected chi connectivity index (χ0v) is 14.3. The van der Waals surface area contributed by atoms with Crippen LogP contribution in [0.4, 0.5) is 11.4 Å². The van der Waals surface area contributed by atoms with Gasteiger partial charge in [0.1, 0.15) is 0 Å². The predicted octanol–water partition coefficient (Wildman–Crippen LogP) is 4.62. The molecule has 0 atom stereocenters. The Hall–Kier alpha value is -2.58. The number of rotatable bonds is 4. The van der Waals surface area contributed by atoms with Gasteiger partial charge in [0.15, 0.2) is 0 Å². The second-order valence-electron chi connectivity index (χ2n) is 5.49. The van der Waals surface area contributed by atoms with Crippen molar-refractivity contribution in [2.24, 2.45) is 4.99 Å². The number of thioether (sulfide) groups is 1. The van der Waals surface area contributed by atoms with Crippen molar-refractivity contribution in [1.82, 2.24) is 0 Å². The van der Waals surface area contributed by atoms with Gasteiger partial charge >= 0.3 is 5.97 Å². The fourth-order valence-electron chi connectivity index (χ4n) is 2.79. The van der Waals surface area contributed by atoms with Crippen LogP contribution in [0.5, 0.6) is 0 Å². The summed E-state index contributed by atoms with van der Waals surface area (Å²) in [5, 5.41) is 0. The SMILES string of the molecule is [C-]#[N+]c1cc2c(cc1SC)CC(Cc1cccc(C(=O)OC)c1)=N2. The van der Waals surface area contributed by atoms with Crippen molar-refractivity contribution in [2.75, 3.05) is 13.4 Å². The average molecular weight is 336 g/mol. The van der Waals surface area contributed by atoms with Crippen molar-refractivity contribution in [3.8, 4) is 0 Å². The topological polar surface area (TPSA) is 43.0 Å². The summed E-state index contributed by atoms with van der Waals surface area (Å²) in [4.78, 5) is 20.9. The van der Waals surface area contributed by atoms with Gasteiger partial charge in [-0.3, -0.25) is 4.99 Å². The van der Waals surface area contributed by atoms with Crippen LogP contribution in [0, 0.1) is 6.57 Å². The third kappa shape index (κ3) is 3.19. The minimum atomic E-state index is -0.334. The monoisotopic (exact) mass is 336 g/mol. The van der Waals surface area contributed by atoms with Gasteiger partial charge in [-0.15, -0.1) is 11.8 Å². The summed E-state index contributed by atoms with van der Waals surface area (Å²) in [5.41, 5.74) is 5.31. The highest BCUT2D eigenvalue weighted by atomic mass is 32.2. The number of methoxy groups -OCH3 is 1. The Morgan fingerprint density at radius 2 is 2.21 bits per heavy atom. The van der Waals surface area contributed by atoms with Crippen molar-refractivity contribution in [3.05, 3.63) is 64.5 Å². The molecular weight excluding hydrogens is 320 g/mol. The molecule has 0 amide bonds. The van der Waals surface area contributed by atoms with Gasteiger partial charge in [-0.1, -0.05) is 18.2 Å². The van der Waals surface area contributed by atoms with Gasteiger partial charge in [0.2, 0.25) is 5.69 Å². The van der Waals surface area contributed by atoms with Gasteiger partial charge in [0.05, 0.1) is 24.9 Å². The molecular formula is C19H16N2O2S. The molecule has 1 aliphatic heterocycles. The Balaban J connectivity index is 1.83. The van der Waals surface area contributed by atoms with E-state index in [2.05, 4.69) is 15.9 Å². The Morgan fingerprint density at radius 1 is 1.38 bits per heavy atom. The Bertz CT molecular complexity index is 881. The van der Waals surface area contributed by atoms with E-state index in [1.54, 1.807) is 17.8 Å². The fourth-order valence-corrected chi connectivity index (χ4v) is 3.36. The first-order valence-corrected chi connectivity index (χ1v) is 8.69. The number of aliphatic imine (C=N–C) groups is 1. The number of hydrogen-bond acceptors (Lipinski definition) is 4. The lowest BCUT2D eigenvalue weighted by Crippen LogP contribution is -2.05. The van der Waals surface area contributed by atoms with Crippen molar-refractivity contribution >= 4 is 34.8 Å². The molecule has 0 aromatic heterocycles. The van der Waals surface area contributed by atoms with Crippen LogP contribution < -0.4 is 0 Å². The van der Waals surface area contributed by atoms with E-state index >= 15 is 0 Å². The normalized spacial score (nSPS) is 12.3. The zero-order valence-electron chi connectivity index (χ0n) is 13.5. The smallest absolute Gasteiger partial charge is 0.337 e. The summed E-state index contributed by atoms with van der Waals surface area (Å²) in [6.45, 7) is 7.28. The molecule has 0 fully saturated rings. The third-order valence-electron chi connectivity index (χ3n) is 3.93. The molecule has 1 aliphatic rings. The van der Waals surface area contributed by atoms with E-state index in [4.69, 9.17) is 11.3 Å². The number of nitrogens with zero attached hydrogens (tertiary/aromatic N) is 2. The minimum Gasteiger partial charge on any atom is -0.465 e. The van der Waals surface area contributed by atoms with Crippen LogP contribution in [0.15, 0.2) is 46.3 Å². The number of fused-ring (bicyclic) bond motifs is 1. The van der Waals surface area contributed by atoms with Gasteiger partial charge in [0, 0.05) is 23.4 Å². The molecule has 2 aromatic carbocycles. The number of carbonyl (C=O) groups is 1. The van der Waals surface area contributed by atoms with Crippen LogP contribution in [0.25, 0.3) is 4.85 Å². The first-order valence-electron chi connectivity index (χ1n) is 7.46. The van der Waals surface area contributed by atoms with E-state index in [0.717, 1.165) is 33.8 Å². The molecule has 1 heterocycles. The number of ether oxygens (including phenoxy) is 1. The molecule has 2 aromatic rings. The standard InChI is InChI=1S/C19H16N2O2S/c1-20-17-11-16-14(10-18(17)24-3)9-15(21-16)8-12-5-4-6-13(7-12)19(22)23-2/h4-7,10-11H,8-9H2,2-3H3. The molecule has 5 heteroatoms. The average Bonchev–Trinajstić information content (AvgIpc) is 3.00.